The van der Waals surface area contributed by atoms with Crippen LogP contribution in [0.25, 0.3) is 0 Å². The van der Waals surface area contributed by atoms with Crippen molar-refractivity contribution in [3.63, 3.8) is 0 Å². The third kappa shape index (κ3) is 2.15. The molecule has 0 aliphatic carbocycles. The summed E-state index contributed by atoms with van der Waals surface area (Å²) in [4.78, 5) is 11.7. The molecule has 7 heteroatoms. The minimum absolute atomic E-state index is 0.144. The van der Waals surface area contributed by atoms with Crippen molar-refractivity contribution in [1.82, 2.24) is 4.22 Å². The van der Waals surface area contributed by atoms with Crippen molar-refractivity contribution < 1.29 is 17.9 Å². The molecule has 1 aliphatic heterocycles. The quantitative estimate of drug-likeness (QED) is 0.759. The lowest BCUT2D eigenvalue weighted by molar-refractivity contribution is -0.135. The van der Waals surface area contributed by atoms with Crippen molar-refractivity contribution >= 4 is 23.6 Å². The maximum Gasteiger partial charge on any atom is 0.498 e. The van der Waals surface area contributed by atoms with Gasteiger partial charge in [-0.15, -0.1) is 0 Å². The highest BCUT2D eigenvalue weighted by Gasteiger charge is 2.45. The molecule has 5 nitrogen and oxygen atoms in total. The Kier molecular flexibility index (Phi) is 3.45. The summed E-state index contributed by atoms with van der Waals surface area (Å²) >= 11 is 0. The molecule has 18 heavy (non-hydrogen) atoms. The summed E-state index contributed by atoms with van der Waals surface area (Å²) in [5.74, 6) is -0.695. The second-order valence-corrected chi connectivity index (χ2v) is 6.22. The van der Waals surface area contributed by atoms with E-state index in [1.165, 1.54) is 12.1 Å². The van der Waals surface area contributed by atoms with E-state index < -0.39 is 22.0 Å². The highest BCUT2D eigenvalue weighted by Crippen LogP contribution is 2.25. The number of carbonyl (C=O) groups excluding carboxylic acids is 1. The zero-order valence-electron chi connectivity index (χ0n) is 10.1. The van der Waals surface area contributed by atoms with Crippen molar-refractivity contribution in [3.05, 3.63) is 30.3 Å². The van der Waals surface area contributed by atoms with E-state index in [2.05, 4.69) is 0 Å². The molecule has 0 aromatic heterocycles. The molecule has 1 atom stereocenters. The second kappa shape index (κ2) is 4.74. The molecule has 0 spiro atoms. The summed E-state index contributed by atoms with van der Waals surface area (Å²) in [6.45, 7) is 3.55. The summed E-state index contributed by atoms with van der Waals surface area (Å²) in [6, 6.07) is 7.18. The summed E-state index contributed by atoms with van der Waals surface area (Å²) in [5.41, 5.74) is 0. The van der Waals surface area contributed by atoms with E-state index in [1.54, 1.807) is 32.0 Å². The smallest absolute Gasteiger partial charge is 0.498 e. The van der Waals surface area contributed by atoms with Gasteiger partial charge in [0, 0.05) is 0 Å². The largest absolute Gasteiger partial charge is 0.520 e. The van der Waals surface area contributed by atoms with Crippen molar-refractivity contribution in [2.75, 3.05) is 0 Å². The minimum Gasteiger partial charge on any atom is -0.520 e. The lowest BCUT2D eigenvalue weighted by Crippen LogP contribution is -2.42. The van der Waals surface area contributed by atoms with Crippen LogP contribution in [-0.4, -0.2) is 32.3 Å². The first-order chi connectivity index (χ1) is 8.44. The van der Waals surface area contributed by atoms with Crippen LogP contribution in [0.15, 0.2) is 35.2 Å². The standard InChI is InChI=1S/C11H13BNO4S/c1-8(2)10-11(14)17-12-13(10)18(15,16)9-6-4-3-5-7-9/h3-8,10H,1-2H3/t10-/m0/s1. The van der Waals surface area contributed by atoms with Gasteiger partial charge in [0.15, 0.2) is 0 Å². The summed E-state index contributed by atoms with van der Waals surface area (Å²) in [5, 5.41) is 0. The highest BCUT2D eigenvalue weighted by molar-refractivity contribution is 7.90. The molecule has 1 aromatic carbocycles. The fraction of sp³-hybridized carbons (Fsp3) is 0.364. The maximum absolute atomic E-state index is 12.4. The van der Waals surface area contributed by atoms with Crippen molar-refractivity contribution in [2.24, 2.45) is 5.92 Å². The Balaban J connectivity index is 2.40. The summed E-state index contributed by atoms with van der Waals surface area (Å²) in [7, 11) is -2.75. The van der Waals surface area contributed by atoms with E-state index in [1.807, 2.05) is 0 Å². The molecular formula is C11H13BNO4S. The predicted molar refractivity (Wildman–Crippen MR) is 65.9 cm³/mol. The van der Waals surface area contributed by atoms with Crippen LogP contribution in [0.5, 0.6) is 0 Å². The van der Waals surface area contributed by atoms with Gasteiger partial charge in [-0.1, -0.05) is 32.0 Å². The fourth-order valence-electron chi connectivity index (χ4n) is 1.83. The molecule has 0 amide bonds. The summed E-state index contributed by atoms with van der Waals surface area (Å²) < 4.78 is 30.4. The first-order valence-corrected chi connectivity index (χ1v) is 7.01. The highest BCUT2D eigenvalue weighted by atomic mass is 32.2. The number of benzene rings is 1. The first-order valence-electron chi connectivity index (χ1n) is 5.57. The topological polar surface area (TPSA) is 63.7 Å². The lowest BCUT2D eigenvalue weighted by atomic mass is 10.0. The SMILES string of the molecule is CC(C)[C@H]1C(=O)O[B]N1S(=O)(=O)c1ccccc1. The van der Waals surface area contributed by atoms with Crippen LogP contribution in [0.1, 0.15) is 13.8 Å². The second-order valence-electron chi connectivity index (χ2n) is 4.38. The van der Waals surface area contributed by atoms with Gasteiger partial charge >= 0.3 is 13.6 Å². The van der Waals surface area contributed by atoms with Crippen LogP contribution in [0, 0.1) is 5.92 Å². The van der Waals surface area contributed by atoms with Gasteiger partial charge in [0.1, 0.15) is 6.04 Å². The number of hydrogen-bond acceptors (Lipinski definition) is 4. The molecule has 95 valence electrons. The van der Waals surface area contributed by atoms with Gasteiger partial charge in [-0.25, -0.2) is 8.42 Å². The van der Waals surface area contributed by atoms with E-state index in [0.29, 0.717) is 0 Å². The Labute approximate surface area is 107 Å². The number of nitrogens with zero attached hydrogens (tertiary/aromatic N) is 1. The summed E-state index contributed by atoms with van der Waals surface area (Å²) in [6.07, 6.45) is 0. The number of sulfonamides is 1. The van der Waals surface area contributed by atoms with Crippen molar-refractivity contribution in [2.45, 2.75) is 24.8 Å². The van der Waals surface area contributed by atoms with Crippen LogP contribution >= 0.6 is 0 Å². The molecule has 0 bridgehead atoms. The molecular weight excluding hydrogens is 253 g/mol. The Bertz CT molecular complexity index is 543. The average Bonchev–Trinajstić information content (AvgIpc) is 2.73. The van der Waals surface area contributed by atoms with Gasteiger partial charge in [0.25, 0.3) is 0 Å². The maximum atomic E-state index is 12.4. The van der Waals surface area contributed by atoms with Gasteiger partial charge < -0.3 is 4.65 Å². The van der Waals surface area contributed by atoms with Crippen LogP contribution in [0.4, 0.5) is 0 Å². The zero-order chi connectivity index (χ0) is 13.3. The lowest BCUT2D eigenvalue weighted by Gasteiger charge is -2.22. The van der Waals surface area contributed by atoms with Gasteiger partial charge in [-0.05, 0) is 18.1 Å². The molecule has 1 aromatic rings. The van der Waals surface area contributed by atoms with Crippen molar-refractivity contribution in [1.29, 1.82) is 0 Å². The van der Waals surface area contributed by atoms with E-state index in [-0.39, 0.29) is 10.8 Å². The van der Waals surface area contributed by atoms with Gasteiger partial charge in [0.2, 0.25) is 10.0 Å². The normalized spacial score (nSPS) is 20.8. The van der Waals surface area contributed by atoms with Crippen LogP contribution < -0.4 is 0 Å². The molecule has 1 saturated heterocycles. The fourth-order valence-corrected chi connectivity index (χ4v) is 3.36. The Hall–Kier alpha value is -1.34. The van der Waals surface area contributed by atoms with Gasteiger partial charge in [-0.2, -0.15) is 4.22 Å². The molecule has 1 heterocycles. The van der Waals surface area contributed by atoms with Crippen molar-refractivity contribution in [3.8, 4) is 0 Å². The van der Waals surface area contributed by atoms with E-state index in [9.17, 15) is 13.2 Å². The molecule has 1 fully saturated rings. The Morgan fingerprint density at radius 1 is 1.28 bits per heavy atom. The molecule has 2 rings (SSSR count). The van der Waals surface area contributed by atoms with E-state index in [0.717, 1.165) is 11.8 Å². The molecule has 0 unspecified atom stereocenters. The van der Waals surface area contributed by atoms with E-state index >= 15 is 0 Å². The van der Waals surface area contributed by atoms with Gasteiger partial charge in [-0.3, -0.25) is 4.79 Å². The predicted octanol–water partition coefficient (Wildman–Crippen LogP) is 0.793. The van der Waals surface area contributed by atoms with Crippen LogP contribution in [0.2, 0.25) is 0 Å². The van der Waals surface area contributed by atoms with E-state index in [4.69, 9.17) is 4.65 Å². The Morgan fingerprint density at radius 3 is 2.44 bits per heavy atom. The number of carbonyl (C=O) groups is 1. The third-order valence-corrected chi connectivity index (χ3v) is 4.47. The van der Waals surface area contributed by atoms with Gasteiger partial charge in [0.05, 0.1) is 4.90 Å². The average molecular weight is 266 g/mol. The van der Waals surface area contributed by atoms with Crippen LogP contribution in [-0.2, 0) is 19.5 Å². The molecule has 1 aliphatic rings. The zero-order valence-corrected chi connectivity index (χ0v) is 10.9. The number of rotatable bonds is 3. The Morgan fingerprint density at radius 2 is 1.89 bits per heavy atom. The molecule has 0 saturated carbocycles. The molecule has 0 N–H and O–H groups in total. The third-order valence-electron chi connectivity index (χ3n) is 2.74. The minimum atomic E-state index is -3.73. The number of hydrogen-bond donors (Lipinski definition) is 0. The monoisotopic (exact) mass is 266 g/mol. The molecule has 1 radical (unpaired) electrons. The van der Waals surface area contributed by atoms with Crippen LogP contribution in [0.3, 0.4) is 0 Å². The first kappa shape index (κ1) is 13.1.